The van der Waals surface area contributed by atoms with Crippen LogP contribution in [0.5, 0.6) is 0 Å². The van der Waals surface area contributed by atoms with E-state index in [1.54, 1.807) is 0 Å². The van der Waals surface area contributed by atoms with E-state index in [1.807, 2.05) is 47.4 Å². The first-order chi connectivity index (χ1) is 12.9. The minimum atomic E-state index is 0.609. The minimum Gasteiger partial charge on any atom is -0.381 e. The average Bonchev–Trinajstić information content (AvgIpc) is 3.14. The van der Waals surface area contributed by atoms with Gasteiger partial charge < -0.3 is 10.1 Å². The summed E-state index contributed by atoms with van der Waals surface area (Å²) in [6.07, 6.45) is 8.16. The van der Waals surface area contributed by atoms with Gasteiger partial charge in [-0.1, -0.05) is 18.2 Å². The molecule has 0 spiro atoms. The third kappa shape index (κ3) is 4.00. The molecule has 26 heavy (non-hydrogen) atoms. The molecule has 0 amide bonds. The Morgan fingerprint density at radius 1 is 1.12 bits per heavy atom. The summed E-state index contributed by atoms with van der Waals surface area (Å²) in [4.78, 5) is 4.12. The van der Waals surface area contributed by atoms with Crippen LogP contribution in [-0.2, 0) is 11.3 Å². The Morgan fingerprint density at radius 2 is 1.96 bits per heavy atom. The van der Waals surface area contributed by atoms with Crippen LogP contribution >= 0.6 is 0 Å². The number of nitrogens with one attached hydrogen (secondary N) is 1. The maximum absolute atomic E-state index is 5.58. The molecule has 1 aliphatic heterocycles. The molecular formula is C21H24N4O. The van der Waals surface area contributed by atoms with Gasteiger partial charge in [0.2, 0.25) is 0 Å². The van der Waals surface area contributed by atoms with Crippen molar-refractivity contribution >= 4 is 0 Å². The van der Waals surface area contributed by atoms with Gasteiger partial charge in [0.15, 0.2) is 0 Å². The molecule has 1 aromatic carbocycles. The summed E-state index contributed by atoms with van der Waals surface area (Å²) in [6, 6.07) is 14.2. The van der Waals surface area contributed by atoms with Gasteiger partial charge in [0.1, 0.15) is 0 Å². The van der Waals surface area contributed by atoms with Crippen LogP contribution in [0.25, 0.3) is 16.9 Å². The van der Waals surface area contributed by atoms with E-state index in [0.29, 0.717) is 5.92 Å². The van der Waals surface area contributed by atoms with Crippen LogP contribution in [0.4, 0.5) is 0 Å². The third-order valence-electron chi connectivity index (χ3n) is 4.77. The zero-order valence-electron chi connectivity index (χ0n) is 14.8. The minimum absolute atomic E-state index is 0.609. The number of para-hydroxylation sites is 1. The lowest BCUT2D eigenvalue weighted by Gasteiger charge is -2.22. The maximum atomic E-state index is 5.58. The Kier molecular flexibility index (Phi) is 5.38. The molecule has 0 aliphatic carbocycles. The zero-order valence-corrected chi connectivity index (χ0v) is 14.8. The molecule has 1 N–H and O–H groups in total. The Morgan fingerprint density at radius 3 is 2.73 bits per heavy atom. The molecule has 0 bridgehead atoms. The summed E-state index contributed by atoms with van der Waals surface area (Å²) in [5.74, 6) is 0.609. The van der Waals surface area contributed by atoms with Crippen LogP contribution < -0.4 is 5.32 Å². The van der Waals surface area contributed by atoms with Crippen LogP contribution in [0.2, 0.25) is 0 Å². The van der Waals surface area contributed by atoms with Gasteiger partial charge in [-0.15, -0.1) is 0 Å². The van der Waals surface area contributed by atoms with E-state index >= 15 is 0 Å². The predicted molar refractivity (Wildman–Crippen MR) is 102 cm³/mol. The second-order valence-corrected chi connectivity index (χ2v) is 6.73. The summed E-state index contributed by atoms with van der Waals surface area (Å²) in [5.41, 5.74) is 4.35. The van der Waals surface area contributed by atoms with E-state index in [1.165, 1.54) is 18.4 Å². The van der Waals surface area contributed by atoms with E-state index in [-0.39, 0.29) is 0 Å². The number of nitrogens with zero attached hydrogens (tertiary/aromatic N) is 3. The summed E-state index contributed by atoms with van der Waals surface area (Å²) < 4.78 is 7.53. The zero-order chi connectivity index (χ0) is 17.6. The SMILES string of the molecule is c1ccc(-n2cc(CNCC3CCCOC3)c(-c3ccncc3)n2)cc1. The monoisotopic (exact) mass is 348 g/mol. The lowest BCUT2D eigenvalue weighted by atomic mass is 10.0. The quantitative estimate of drug-likeness (QED) is 0.741. The van der Waals surface area contributed by atoms with Crippen molar-refractivity contribution in [3.63, 3.8) is 0 Å². The Balaban J connectivity index is 1.54. The van der Waals surface area contributed by atoms with Crippen LogP contribution in [0, 0.1) is 5.92 Å². The highest BCUT2D eigenvalue weighted by atomic mass is 16.5. The largest absolute Gasteiger partial charge is 0.381 e. The molecule has 0 radical (unpaired) electrons. The van der Waals surface area contributed by atoms with Gasteiger partial charge in [-0.3, -0.25) is 4.98 Å². The predicted octanol–water partition coefficient (Wildman–Crippen LogP) is 3.45. The van der Waals surface area contributed by atoms with Crippen molar-refractivity contribution in [3.05, 3.63) is 66.6 Å². The lowest BCUT2D eigenvalue weighted by molar-refractivity contribution is 0.0547. The van der Waals surface area contributed by atoms with Gasteiger partial charge in [-0.25, -0.2) is 4.68 Å². The number of rotatable bonds is 6. The topological polar surface area (TPSA) is 52.0 Å². The number of aromatic nitrogens is 3. The van der Waals surface area contributed by atoms with Crippen molar-refractivity contribution in [2.24, 2.45) is 5.92 Å². The first kappa shape index (κ1) is 16.9. The van der Waals surface area contributed by atoms with Gasteiger partial charge in [0.05, 0.1) is 18.0 Å². The molecule has 1 aliphatic rings. The van der Waals surface area contributed by atoms with Crippen LogP contribution in [0.3, 0.4) is 0 Å². The molecule has 3 aromatic rings. The number of pyridine rings is 1. The highest BCUT2D eigenvalue weighted by Gasteiger charge is 2.15. The molecule has 1 atom stereocenters. The van der Waals surface area contributed by atoms with E-state index in [4.69, 9.17) is 9.84 Å². The Bertz CT molecular complexity index is 811. The number of benzene rings is 1. The van der Waals surface area contributed by atoms with E-state index < -0.39 is 0 Å². The van der Waals surface area contributed by atoms with Crippen molar-refractivity contribution < 1.29 is 4.74 Å². The second kappa shape index (κ2) is 8.25. The summed E-state index contributed by atoms with van der Waals surface area (Å²) >= 11 is 0. The van der Waals surface area contributed by atoms with Gasteiger partial charge in [0.25, 0.3) is 0 Å². The second-order valence-electron chi connectivity index (χ2n) is 6.73. The van der Waals surface area contributed by atoms with E-state index in [0.717, 1.165) is 43.2 Å². The van der Waals surface area contributed by atoms with Crippen LogP contribution in [0.1, 0.15) is 18.4 Å². The molecule has 2 aromatic heterocycles. The van der Waals surface area contributed by atoms with Gasteiger partial charge in [-0.2, -0.15) is 5.10 Å². The Hall–Kier alpha value is -2.50. The molecule has 4 rings (SSSR count). The van der Waals surface area contributed by atoms with Crippen molar-refractivity contribution in [3.8, 4) is 16.9 Å². The number of ether oxygens (including phenoxy) is 1. The van der Waals surface area contributed by atoms with Crippen LogP contribution in [0.15, 0.2) is 61.1 Å². The summed E-state index contributed by atoms with van der Waals surface area (Å²) in [6.45, 7) is 3.55. The number of hydrogen-bond acceptors (Lipinski definition) is 4. The molecule has 3 heterocycles. The highest BCUT2D eigenvalue weighted by molar-refractivity contribution is 5.62. The summed E-state index contributed by atoms with van der Waals surface area (Å²) in [5, 5.41) is 8.44. The first-order valence-electron chi connectivity index (χ1n) is 9.23. The molecule has 1 saturated heterocycles. The maximum Gasteiger partial charge on any atom is 0.0973 e. The Labute approximate surface area is 154 Å². The summed E-state index contributed by atoms with van der Waals surface area (Å²) in [7, 11) is 0. The van der Waals surface area contributed by atoms with Gasteiger partial charge >= 0.3 is 0 Å². The molecular weight excluding hydrogens is 324 g/mol. The van der Waals surface area contributed by atoms with Crippen molar-refractivity contribution in [2.45, 2.75) is 19.4 Å². The fourth-order valence-corrected chi connectivity index (χ4v) is 3.38. The molecule has 5 nitrogen and oxygen atoms in total. The molecule has 134 valence electrons. The number of hydrogen-bond donors (Lipinski definition) is 1. The van der Waals surface area contributed by atoms with Gasteiger partial charge in [0, 0.05) is 49.4 Å². The molecule has 5 heteroatoms. The standard InChI is InChI=1S/C21H24N4O/c1-2-6-20(7-3-1)25-15-19(14-23-13-17-5-4-12-26-16-17)21(24-25)18-8-10-22-11-9-18/h1-3,6-11,15,17,23H,4-5,12-14,16H2. The van der Waals surface area contributed by atoms with E-state index in [2.05, 4.69) is 28.6 Å². The lowest BCUT2D eigenvalue weighted by Crippen LogP contribution is -2.28. The normalized spacial score (nSPS) is 17.3. The van der Waals surface area contributed by atoms with Crippen molar-refractivity contribution in [1.82, 2.24) is 20.1 Å². The first-order valence-corrected chi connectivity index (χ1v) is 9.23. The molecule has 0 saturated carbocycles. The smallest absolute Gasteiger partial charge is 0.0973 e. The fourth-order valence-electron chi connectivity index (χ4n) is 3.38. The molecule has 1 fully saturated rings. The highest BCUT2D eigenvalue weighted by Crippen LogP contribution is 2.23. The van der Waals surface area contributed by atoms with Crippen molar-refractivity contribution in [1.29, 1.82) is 0 Å². The fraction of sp³-hybridized carbons (Fsp3) is 0.333. The molecule has 1 unspecified atom stereocenters. The third-order valence-corrected chi connectivity index (χ3v) is 4.77. The van der Waals surface area contributed by atoms with E-state index in [9.17, 15) is 0 Å². The van der Waals surface area contributed by atoms with Crippen LogP contribution in [-0.4, -0.2) is 34.5 Å². The van der Waals surface area contributed by atoms with Crippen molar-refractivity contribution in [2.75, 3.05) is 19.8 Å². The van der Waals surface area contributed by atoms with Gasteiger partial charge in [-0.05, 0) is 43.0 Å². The average molecular weight is 348 g/mol.